The zero-order chi connectivity index (χ0) is 16.4. The van der Waals surface area contributed by atoms with Crippen LogP contribution >= 0.6 is 11.6 Å². The fourth-order valence-corrected chi connectivity index (χ4v) is 2.74. The van der Waals surface area contributed by atoms with Gasteiger partial charge in [0.05, 0.1) is 23.9 Å². The second-order valence-corrected chi connectivity index (χ2v) is 6.01. The lowest BCUT2D eigenvalue weighted by atomic mass is 10.1. The molecule has 0 spiro atoms. The summed E-state index contributed by atoms with van der Waals surface area (Å²) >= 11 is 6.26. The molecule has 1 amide bonds. The minimum Gasteiger partial charge on any atom is -0.490 e. The molecule has 0 aliphatic carbocycles. The first-order chi connectivity index (χ1) is 11.0. The highest BCUT2D eigenvalue weighted by Gasteiger charge is 2.17. The molecule has 3 rings (SSSR count). The Morgan fingerprint density at radius 1 is 1.09 bits per heavy atom. The zero-order valence-electron chi connectivity index (χ0n) is 13.1. The highest BCUT2D eigenvalue weighted by molar-refractivity contribution is 6.34. The Morgan fingerprint density at radius 2 is 1.78 bits per heavy atom. The maximum absolute atomic E-state index is 12.5. The Balaban J connectivity index is 1.87. The van der Waals surface area contributed by atoms with E-state index in [1.807, 2.05) is 32.0 Å². The SMILES string of the molecule is Cc1ccc(C(=O)Nc2cc3c(cc2Cl)OCCCO3)c(C)c1. The number of amides is 1. The van der Waals surface area contributed by atoms with E-state index in [1.165, 1.54) is 0 Å². The molecule has 0 atom stereocenters. The van der Waals surface area contributed by atoms with Crippen molar-refractivity contribution in [3.05, 3.63) is 52.0 Å². The summed E-state index contributed by atoms with van der Waals surface area (Å²) in [4.78, 5) is 12.5. The van der Waals surface area contributed by atoms with Crippen LogP contribution in [0.25, 0.3) is 0 Å². The van der Waals surface area contributed by atoms with Gasteiger partial charge in [0, 0.05) is 24.1 Å². The molecule has 120 valence electrons. The highest BCUT2D eigenvalue weighted by atomic mass is 35.5. The number of benzene rings is 2. The second-order valence-electron chi connectivity index (χ2n) is 5.60. The largest absolute Gasteiger partial charge is 0.490 e. The van der Waals surface area contributed by atoms with Crippen LogP contribution in [0.3, 0.4) is 0 Å². The first-order valence-corrected chi connectivity index (χ1v) is 7.90. The fraction of sp³-hybridized carbons (Fsp3) is 0.278. The van der Waals surface area contributed by atoms with Gasteiger partial charge in [-0.15, -0.1) is 0 Å². The standard InChI is InChI=1S/C18H18ClNO3/c1-11-4-5-13(12(2)8-11)18(21)20-15-10-17-16(9-14(15)19)22-6-3-7-23-17/h4-5,8-10H,3,6-7H2,1-2H3,(H,20,21). The minimum absolute atomic E-state index is 0.195. The number of rotatable bonds is 2. The maximum Gasteiger partial charge on any atom is 0.255 e. The Hall–Kier alpha value is -2.20. The van der Waals surface area contributed by atoms with E-state index in [0.717, 1.165) is 17.5 Å². The van der Waals surface area contributed by atoms with Crippen molar-refractivity contribution in [2.45, 2.75) is 20.3 Å². The number of carbonyl (C=O) groups excluding carboxylic acids is 1. The average molecular weight is 332 g/mol. The topological polar surface area (TPSA) is 47.6 Å². The van der Waals surface area contributed by atoms with Gasteiger partial charge in [-0.3, -0.25) is 4.79 Å². The van der Waals surface area contributed by atoms with E-state index >= 15 is 0 Å². The molecule has 0 unspecified atom stereocenters. The van der Waals surface area contributed by atoms with Crippen molar-refractivity contribution in [2.75, 3.05) is 18.5 Å². The fourth-order valence-electron chi connectivity index (χ4n) is 2.54. The molecular formula is C18H18ClNO3. The van der Waals surface area contributed by atoms with Crippen molar-refractivity contribution in [1.29, 1.82) is 0 Å². The van der Waals surface area contributed by atoms with Crippen molar-refractivity contribution >= 4 is 23.2 Å². The Bertz CT molecular complexity index is 758. The molecule has 1 aliphatic heterocycles. The van der Waals surface area contributed by atoms with Gasteiger partial charge in [0.2, 0.25) is 0 Å². The lowest BCUT2D eigenvalue weighted by Crippen LogP contribution is -2.14. The number of fused-ring (bicyclic) bond motifs is 1. The van der Waals surface area contributed by atoms with Crippen molar-refractivity contribution in [3.8, 4) is 11.5 Å². The Morgan fingerprint density at radius 3 is 2.48 bits per heavy atom. The van der Waals surface area contributed by atoms with E-state index in [1.54, 1.807) is 12.1 Å². The quantitative estimate of drug-likeness (QED) is 0.888. The molecule has 0 saturated carbocycles. The van der Waals surface area contributed by atoms with E-state index in [4.69, 9.17) is 21.1 Å². The van der Waals surface area contributed by atoms with Gasteiger partial charge in [-0.25, -0.2) is 0 Å². The molecule has 0 aromatic heterocycles. The highest BCUT2D eigenvalue weighted by Crippen LogP contribution is 2.37. The Labute approximate surface area is 140 Å². The van der Waals surface area contributed by atoms with Crippen LogP contribution < -0.4 is 14.8 Å². The zero-order valence-corrected chi connectivity index (χ0v) is 13.9. The number of carbonyl (C=O) groups is 1. The number of hydrogen-bond donors (Lipinski definition) is 1. The maximum atomic E-state index is 12.5. The summed E-state index contributed by atoms with van der Waals surface area (Å²) in [6, 6.07) is 9.10. The minimum atomic E-state index is -0.195. The molecule has 2 aromatic carbocycles. The van der Waals surface area contributed by atoms with Gasteiger partial charge >= 0.3 is 0 Å². The van der Waals surface area contributed by atoms with Crippen LogP contribution in [0, 0.1) is 13.8 Å². The van der Waals surface area contributed by atoms with Crippen LogP contribution in [0.4, 0.5) is 5.69 Å². The average Bonchev–Trinajstić information content (AvgIpc) is 2.72. The third-order valence-electron chi connectivity index (χ3n) is 3.71. The summed E-state index contributed by atoms with van der Waals surface area (Å²) in [7, 11) is 0. The molecule has 1 heterocycles. The summed E-state index contributed by atoms with van der Waals surface area (Å²) in [5, 5.41) is 3.27. The van der Waals surface area contributed by atoms with E-state index in [9.17, 15) is 4.79 Å². The first-order valence-electron chi connectivity index (χ1n) is 7.52. The van der Waals surface area contributed by atoms with Crippen LogP contribution in [0.15, 0.2) is 30.3 Å². The molecule has 0 radical (unpaired) electrons. The number of ether oxygens (including phenoxy) is 2. The van der Waals surface area contributed by atoms with Crippen LogP contribution in [-0.4, -0.2) is 19.1 Å². The van der Waals surface area contributed by atoms with Gasteiger partial charge in [-0.1, -0.05) is 29.3 Å². The van der Waals surface area contributed by atoms with Gasteiger partial charge in [0.1, 0.15) is 0 Å². The van der Waals surface area contributed by atoms with Crippen LogP contribution in [0.2, 0.25) is 5.02 Å². The van der Waals surface area contributed by atoms with E-state index in [0.29, 0.717) is 41.0 Å². The van der Waals surface area contributed by atoms with Gasteiger partial charge in [0.15, 0.2) is 11.5 Å². The summed E-state index contributed by atoms with van der Waals surface area (Å²) in [6.45, 7) is 5.09. The lowest BCUT2D eigenvalue weighted by molar-refractivity contribution is 0.102. The first kappa shape index (κ1) is 15.7. The van der Waals surface area contributed by atoms with Gasteiger partial charge in [0.25, 0.3) is 5.91 Å². The second kappa shape index (κ2) is 6.50. The molecule has 4 nitrogen and oxygen atoms in total. The molecule has 0 fully saturated rings. The number of nitrogens with one attached hydrogen (secondary N) is 1. The van der Waals surface area contributed by atoms with Crippen LogP contribution in [0.5, 0.6) is 11.5 Å². The van der Waals surface area contributed by atoms with E-state index in [-0.39, 0.29) is 5.91 Å². The smallest absolute Gasteiger partial charge is 0.255 e. The Kier molecular flexibility index (Phi) is 4.44. The third kappa shape index (κ3) is 3.42. The van der Waals surface area contributed by atoms with E-state index in [2.05, 4.69) is 5.32 Å². The number of halogens is 1. The van der Waals surface area contributed by atoms with E-state index < -0.39 is 0 Å². The molecule has 0 bridgehead atoms. The van der Waals surface area contributed by atoms with Gasteiger partial charge in [-0.05, 0) is 25.5 Å². The van der Waals surface area contributed by atoms with Gasteiger partial charge < -0.3 is 14.8 Å². The van der Waals surface area contributed by atoms with Crippen LogP contribution in [0.1, 0.15) is 27.9 Å². The van der Waals surface area contributed by atoms with Crippen molar-refractivity contribution < 1.29 is 14.3 Å². The summed E-state index contributed by atoms with van der Waals surface area (Å²) in [5.41, 5.74) is 3.18. The number of hydrogen-bond acceptors (Lipinski definition) is 3. The predicted molar refractivity (Wildman–Crippen MR) is 90.9 cm³/mol. The molecule has 23 heavy (non-hydrogen) atoms. The molecule has 1 aliphatic rings. The predicted octanol–water partition coefficient (Wildman–Crippen LogP) is 4.37. The third-order valence-corrected chi connectivity index (χ3v) is 4.02. The molecule has 1 N–H and O–H groups in total. The molecule has 5 heteroatoms. The molecular weight excluding hydrogens is 314 g/mol. The summed E-state index contributed by atoms with van der Waals surface area (Å²) in [5.74, 6) is 1.01. The van der Waals surface area contributed by atoms with Crippen molar-refractivity contribution in [2.24, 2.45) is 0 Å². The van der Waals surface area contributed by atoms with Gasteiger partial charge in [-0.2, -0.15) is 0 Å². The molecule has 0 saturated heterocycles. The molecule has 2 aromatic rings. The monoisotopic (exact) mass is 331 g/mol. The van der Waals surface area contributed by atoms with Crippen molar-refractivity contribution in [3.63, 3.8) is 0 Å². The lowest BCUT2D eigenvalue weighted by Gasteiger charge is -2.13. The summed E-state index contributed by atoms with van der Waals surface area (Å²) in [6.07, 6.45) is 0.816. The number of aryl methyl sites for hydroxylation is 2. The van der Waals surface area contributed by atoms with Crippen LogP contribution in [-0.2, 0) is 0 Å². The summed E-state index contributed by atoms with van der Waals surface area (Å²) < 4.78 is 11.2. The van der Waals surface area contributed by atoms with Crippen molar-refractivity contribution in [1.82, 2.24) is 0 Å². The number of anilines is 1. The normalized spacial score (nSPS) is 13.3.